The van der Waals surface area contributed by atoms with Crippen molar-refractivity contribution in [1.29, 1.82) is 0 Å². The molecule has 1 heterocycles. The maximum Gasteiger partial charge on any atom is 0.416 e. The number of benzene rings is 2. The monoisotopic (exact) mass is 392 g/mol. The number of alkyl halides is 3. The summed E-state index contributed by atoms with van der Waals surface area (Å²) in [6, 6.07) is 11.7. The van der Waals surface area contributed by atoms with Gasteiger partial charge in [-0.15, -0.1) is 0 Å². The Morgan fingerprint density at radius 1 is 1.21 bits per heavy atom. The van der Waals surface area contributed by atoms with E-state index < -0.39 is 23.6 Å². The molecule has 0 saturated carbocycles. The first-order valence-electron chi connectivity index (χ1n) is 8.65. The van der Waals surface area contributed by atoms with Gasteiger partial charge in [0, 0.05) is 25.2 Å². The average Bonchev–Trinajstić information content (AvgIpc) is 3.02. The van der Waals surface area contributed by atoms with Crippen molar-refractivity contribution in [1.82, 2.24) is 4.90 Å². The molecule has 148 valence electrons. The van der Waals surface area contributed by atoms with Gasteiger partial charge < -0.3 is 15.0 Å². The van der Waals surface area contributed by atoms with Crippen molar-refractivity contribution in [3.8, 4) is 5.75 Å². The van der Waals surface area contributed by atoms with E-state index in [4.69, 9.17) is 4.74 Å². The van der Waals surface area contributed by atoms with Gasteiger partial charge >= 0.3 is 6.18 Å². The molecule has 0 aromatic heterocycles. The van der Waals surface area contributed by atoms with E-state index in [1.807, 2.05) is 12.1 Å². The number of nitrogens with one attached hydrogen (secondary N) is 1. The van der Waals surface area contributed by atoms with Gasteiger partial charge in [0.05, 0.1) is 18.6 Å². The zero-order valence-corrected chi connectivity index (χ0v) is 15.1. The average molecular weight is 392 g/mol. The smallest absolute Gasteiger partial charge is 0.416 e. The van der Waals surface area contributed by atoms with Gasteiger partial charge in [-0.1, -0.05) is 18.2 Å². The molecule has 1 atom stereocenters. The number of nitrogens with zero attached hydrogens (tertiary/aromatic N) is 1. The molecule has 0 bridgehead atoms. The maximum absolute atomic E-state index is 12.8. The van der Waals surface area contributed by atoms with Gasteiger partial charge in [-0.2, -0.15) is 13.2 Å². The van der Waals surface area contributed by atoms with Crippen molar-refractivity contribution in [3.63, 3.8) is 0 Å². The number of likely N-dealkylation sites (tertiary alicyclic amines) is 1. The van der Waals surface area contributed by atoms with E-state index in [0.29, 0.717) is 12.3 Å². The zero-order valence-electron chi connectivity index (χ0n) is 15.1. The third-order valence-corrected chi connectivity index (χ3v) is 4.58. The molecule has 1 fully saturated rings. The van der Waals surface area contributed by atoms with Crippen LogP contribution in [0.1, 0.15) is 17.5 Å². The Bertz CT molecular complexity index is 866. The summed E-state index contributed by atoms with van der Waals surface area (Å²) in [5.41, 5.74) is 0.114. The first kappa shape index (κ1) is 19.7. The van der Waals surface area contributed by atoms with E-state index in [1.54, 1.807) is 24.1 Å². The number of ether oxygens (including phenoxy) is 1. The third kappa shape index (κ3) is 4.62. The number of rotatable bonds is 5. The second kappa shape index (κ2) is 7.92. The van der Waals surface area contributed by atoms with E-state index in [0.717, 1.165) is 17.7 Å². The van der Waals surface area contributed by atoms with Crippen LogP contribution in [0.25, 0.3) is 0 Å². The van der Waals surface area contributed by atoms with E-state index >= 15 is 0 Å². The molecule has 1 aliphatic heterocycles. The molecule has 0 unspecified atom stereocenters. The van der Waals surface area contributed by atoms with E-state index in [9.17, 15) is 22.8 Å². The van der Waals surface area contributed by atoms with Crippen LogP contribution in [-0.4, -0.2) is 30.4 Å². The number of carbonyl (C=O) groups excluding carboxylic acids is 2. The second-order valence-electron chi connectivity index (χ2n) is 6.59. The topological polar surface area (TPSA) is 58.6 Å². The number of carbonyl (C=O) groups is 2. The second-order valence-corrected chi connectivity index (χ2v) is 6.59. The Balaban J connectivity index is 1.62. The van der Waals surface area contributed by atoms with Crippen LogP contribution in [0.15, 0.2) is 48.5 Å². The lowest BCUT2D eigenvalue weighted by Gasteiger charge is -2.17. The molecule has 1 aliphatic rings. The van der Waals surface area contributed by atoms with Crippen LogP contribution in [0, 0.1) is 5.92 Å². The number of hydrogen-bond donors (Lipinski definition) is 1. The Morgan fingerprint density at radius 3 is 2.57 bits per heavy atom. The van der Waals surface area contributed by atoms with Crippen LogP contribution in [0.3, 0.4) is 0 Å². The lowest BCUT2D eigenvalue weighted by atomic mass is 10.1. The van der Waals surface area contributed by atoms with Crippen molar-refractivity contribution in [3.05, 3.63) is 59.7 Å². The first-order valence-corrected chi connectivity index (χ1v) is 8.65. The minimum absolute atomic E-state index is 0.0287. The summed E-state index contributed by atoms with van der Waals surface area (Å²) in [6.07, 6.45) is -4.46. The van der Waals surface area contributed by atoms with Gasteiger partial charge in [0.2, 0.25) is 11.8 Å². The fourth-order valence-corrected chi connectivity index (χ4v) is 3.07. The molecular formula is C20H19F3N2O3. The fraction of sp³-hybridized carbons (Fsp3) is 0.300. The SMILES string of the molecule is COc1ccc(CN2C[C@H](C(=O)Nc3cccc(C(F)(F)F)c3)CC2=O)cc1. The Morgan fingerprint density at radius 2 is 1.93 bits per heavy atom. The van der Waals surface area contributed by atoms with Crippen molar-refractivity contribution in [2.45, 2.75) is 19.1 Å². The number of hydrogen-bond acceptors (Lipinski definition) is 3. The van der Waals surface area contributed by atoms with Crippen molar-refractivity contribution < 1.29 is 27.5 Å². The van der Waals surface area contributed by atoms with Crippen LogP contribution in [-0.2, 0) is 22.3 Å². The minimum atomic E-state index is -4.49. The predicted molar refractivity (Wildman–Crippen MR) is 96.6 cm³/mol. The standard InChI is InChI=1S/C20H19F3N2O3/c1-28-17-7-5-13(6-8-17)11-25-12-14(9-18(25)26)19(27)24-16-4-2-3-15(10-16)20(21,22)23/h2-8,10,14H,9,11-12H2,1H3,(H,24,27)/t14-/m1/s1. The zero-order chi connectivity index (χ0) is 20.3. The van der Waals surface area contributed by atoms with Crippen LogP contribution in [0.5, 0.6) is 5.75 Å². The first-order chi connectivity index (χ1) is 13.3. The summed E-state index contributed by atoms with van der Waals surface area (Å²) in [7, 11) is 1.56. The van der Waals surface area contributed by atoms with Crippen molar-refractivity contribution in [2.24, 2.45) is 5.92 Å². The number of anilines is 1. The molecule has 5 nitrogen and oxygen atoms in total. The molecule has 0 spiro atoms. The normalized spacial score (nSPS) is 16.9. The van der Waals surface area contributed by atoms with Crippen molar-refractivity contribution in [2.75, 3.05) is 19.0 Å². The summed E-state index contributed by atoms with van der Waals surface area (Å²) in [5.74, 6) is -0.542. The van der Waals surface area contributed by atoms with Gasteiger partial charge in [0.1, 0.15) is 5.75 Å². The molecular weight excluding hydrogens is 373 g/mol. The van der Waals surface area contributed by atoms with Gasteiger partial charge in [-0.3, -0.25) is 9.59 Å². The lowest BCUT2D eigenvalue weighted by molar-refractivity contribution is -0.137. The Kier molecular flexibility index (Phi) is 5.58. The number of halogens is 3. The van der Waals surface area contributed by atoms with Crippen LogP contribution >= 0.6 is 0 Å². The summed E-state index contributed by atoms with van der Waals surface area (Å²) < 4.78 is 43.5. The quantitative estimate of drug-likeness (QED) is 0.844. The third-order valence-electron chi connectivity index (χ3n) is 4.58. The molecule has 1 N–H and O–H groups in total. The molecule has 0 aliphatic carbocycles. The van der Waals surface area contributed by atoms with Gasteiger partial charge in [0.25, 0.3) is 0 Å². The highest BCUT2D eigenvalue weighted by molar-refractivity contribution is 5.97. The highest BCUT2D eigenvalue weighted by Gasteiger charge is 2.35. The van der Waals surface area contributed by atoms with Crippen molar-refractivity contribution >= 4 is 17.5 Å². The maximum atomic E-state index is 12.8. The molecule has 8 heteroatoms. The van der Waals surface area contributed by atoms with Crippen LogP contribution in [0.4, 0.5) is 18.9 Å². The summed E-state index contributed by atoms with van der Waals surface area (Å²) in [4.78, 5) is 26.2. The molecule has 2 amide bonds. The number of methoxy groups -OCH3 is 1. The molecule has 1 saturated heterocycles. The van der Waals surface area contributed by atoms with E-state index in [-0.39, 0.29) is 24.6 Å². The molecule has 3 rings (SSSR count). The summed E-state index contributed by atoms with van der Waals surface area (Å²) in [6.45, 7) is 0.575. The van der Waals surface area contributed by atoms with Gasteiger partial charge in [-0.25, -0.2) is 0 Å². The Hall–Kier alpha value is -3.03. The number of amides is 2. The minimum Gasteiger partial charge on any atom is -0.497 e. The highest BCUT2D eigenvalue weighted by atomic mass is 19.4. The lowest BCUT2D eigenvalue weighted by Crippen LogP contribution is -2.28. The largest absolute Gasteiger partial charge is 0.497 e. The van der Waals surface area contributed by atoms with Gasteiger partial charge in [-0.05, 0) is 35.9 Å². The molecule has 28 heavy (non-hydrogen) atoms. The molecule has 2 aromatic carbocycles. The van der Waals surface area contributed by atoms with Crippen LogP contribution < -0.4 is 10.1 Å². The summed E-state index contributed by atoms with van der Waals surface area (Å²) >= 11 is 0. The molecule has 2 aromatic rings. The van der Waals surface area contributed by atoms with Crippen LogP contribution in [0.2, 0.25) is 0 Å². The van der Waals surface area contributed by atoms with E-state index in [2.05, 4.69) is 5.32 Å². The van der Waals surface area contributed by atoms with E-state index in [1.165, 1.54) is 12.1 Å². The summed E-state index contributed by atoms with van der Waals surface area (Å²) in [5, 5.41) is 2.48. The Labute approximate surface area is 160 Å². The van der Waals surface area contributed by atoms with Gasteiger partial charge in [0.15, 0.2) is 0 Å². The molecule has 0 radical (unpaired) electrons. The fourth-order valence-electron chi connectivity index (χ4n) is 3.07. The highest BCUT2D eigenvalue weighted by Crippen LogP contribution is 2.31. The predicted octanol–water partition coefficient (Wildman–Crippen LogP) is 3.70.